The summed E-state index contributed by atoms with van der Waals surface area (Å²) in [6, 6.07) is 17.6. The van der Waals surface area contributed by atoms with Crippen molar-refractivity contribution in [2.24, 2.45) is 5.92 Å². The van der Waals surface area contributed by atoms with E-state index in [1.54, 1.807) is 23.1 Å². The van der Waals surface area contributed by atoms with Gasteiger partial charge in [0.25, 0.3) is 5.91 Å². The Morgan fingerprint density at radius 3 is 2.41 bits per heavy atom. The van der Waals surface area contributed by atoms with Crippen molar-refractivity contribution in [3.63, 3.8) is 0 Å². The third kappa shape index (κ3) is 4.88. The molecule has 2 heterocycles. The highest BCUT2D eigenvalue weighted by Crippen LogP contribution is 2.31. The number of fused-ring (bicyclic) bond motifs is 1. The van der Waals surface area contributed by atoms with Crippen LogP contribution < -0.4 is 9.47 Å². The summed E-state index contributed by atoms with van der Waals surface area (Å²) in [7, 11) is 0. The van der Waals surface area contributed by atoms with Crippen molar-refractivity contribution >= 4 is 11.9 Å². The van der Waals surface area contributed by atoms with Crippen LogP contribution in [-0.4, -0.2) is 49.2 Å². The van der Waals surface area contributed by atoms with Gasteiger partial charge in [-0.3, -0.25) is 4.79 Å². The Bertz CT molecular complexity index is 845. The lowest BCUT2D eigenvalue weighted by Gasteiger charge is -2.32. The molecule has 6 heteroatoms. The molecule has 2 aliphatic rings. The maximum absolute atomic E-state index is 12.4. The number of ether oxygens (including phenoxy) is 3. The van der Waals surface area contributed by atoms with E-state index in [1.165, 1.54) is 5.56 Å². The van der Waals surface area contributed by atoms with E-state index in [9.17, 15) is 9.59 Å². The van der Waals surface area contributed by atoms with Crippen molar-refractivity contribution in [2.45, 2.75) is 25.4 Å². The minimum absolute atomic E-state index is 0.0783. The van der Waals surface area contributed by atoms with E-state index in [4.69, 9.17) is 14.2 Å². The topological polar surface area (TPSA) is 65.1 Å². The molecule has 4 rings (SSSR count). The zero-order valence-corrected chi connectivity index (χ0v) is 16.3. The first kappa shape index (κ1) is 19.3. The lowest BCUT2D eigenvalue weighted by atomic mass is 9.90. The molecule has 152 valence electrons. The third-order valence-electron chi connectivity index (χ3n) is 5.44. The zero-order valence-electron chi connectivity index (χ0n) is 16.3. The van der Waals surface area contributed by atoms with Gasteiger partial charge in [0.1, 0.15) is 6.61 Å². The first-order valence-electron chi connectivity index (χ1n) is 10.1. The number of benzene rings is 2. The van der Waals surface area contributed by atoms with E-state index in [2.05, 4.69) is 24.3 Å². The number of carbonyl (C=O) groups excluding carboxylic acids is 2. The molecule has 0 N–H and O–H groups in total. The number of rotatable bonds is 5. The fraction of sp³-hybridized carbons (Fsp3) is 0.391. The van der Waals surface area contributed by atoms with Crippen molar-refractivity contribution in [3.05, 3.63) is 60.2 Å². The largest absolute Gasteiger partial charge is 0.485 e. The molecule has 2 aromatic rings. The summed E-state index contributed by atoms with van der Waals surface area (Å²) in [4.78, 5) is 26.5. The van der Waals surface area contributed by atoms with E-state index in [0.29, 0.717) is 30.5 Å². The molecule has 1 saturated heterocycles. The molecule has 1 fully saturated rings. The highest BCUT2D eigenvalue weighted by molar-refractivity contribution is 5.82. The van der Waals surface area contributed by atoms with Gasteiger partial charge < -0.3 is 19.1 Å². The Morgan fingerprint density at radius 1 is 0.966 bits per heavy atom. The summed E-state index contributed by atoms with van der Waals surface area (Å²) in [5.74, 6) is 0.954. The first-order chi connectivity index (χ1) is 14.2. The molecule has 0 aliphatic carbocycles. The van der Waals surface area contributed by atoms with E-state index in [0.717, 1.165) is 19.3 Å². The Labute approximate surface area is 170 Å². The lowest BCUT2D eigenvalue weighted by Crippen LogP contribution is -2.43. The average Bonchev–Trinajstić information content (AvgIpc) is 2.78. The standard InChI is InChI=1S/C23H25NO5/c25-22(24-12-10-18(11-13-24)14-17-6-2-1-3-7-17)16-28-23(26)21-15-27-19-8-4-5-9-20(19)29-21/h1-9,18,21H,10-16H2. The fourth-order valence-corrected chi connectivity index (χ4v) is 3.79. The molecule has 6 nitrogen and oxygen atoms in total. The molecule has 0 saturated carbocycles. The highest BCUT2D eigenvalue weighted by Gasteiger charge is 2.30. The third-order valence-corrected chi connectivity index (χ3v) is 5.44. The molecule has 1 unspecified atom stereocenters. The quantitative estimate of drug-likeness (QED) is 0.729. The second-order valence-electron chi connectivity index (χ2n) is 7.49. The summed E-state index contributed by atoms with van der Waals surface area (Å²) in [5, 5.41) is 0. The van der Waals surface area contributed by atoms with E-state index in [1.807, 2.05) is 12.1 Å². The van der Waals surface area contributed by atoms with Crippen LogP contribution >= 0.6 is 0 Å². The van der Waals surface area contributed by atoms with E-state index in [-0.39, 0.29) is 19.1 Å². The second-order valence-corrected chi connectivity index (χ2v) is 7.49. The summed E-state index contributed by atoms with van der Waals surface area (Å²) in [6.07, 6.45) is 2.11. The molecule has 0 aromatic heterocycles. The first-order valence-corrected chi connectivity index (χ1v) is 10.1. The van der Waals surface area contributed by atoms with Crippen LogP contribution in [0.1, 0.15) is 18.4 Å². The summed E-state index contributed by atoms with van der Waals surface area (Å²) in [5.41, 5.74) is 1.34. The molecule has 2 aliphatic heterocycles. The number of piperidine rings is 1. The fourth-order valence-electron chi connectivity index (χ4n) is 3.79. The van der Waals surface area contributed by atoms with Gasteiger partial charge in [-0.25, -0.2) is 4.79 Å². The van der Waals surface area contributed by atoms with E-state index >= 15 is 0 Å². The normalized spacial score (nSPS) is 18.9. The smallest absolute Gasteiger partial charge is 0.351 e. The molecule has 0 spiro atoms. The maximum Gasteiger partial charge on any atom is 0.351 e. The number of hydrogen-bond donors (Lipinski definition) is 0. The van der Waals surface area contributed by atoms with Crippen LogP contribution in [0, 0.1) is 5.92 Å². The number of esters is 1. The molecular weight excluding hydrogens is 370 g/mol. The van der Waals surface area contributed by atoms with Crippen molar-refractivity contribution in [1.82, 2.24) is 4.90 Å². The van der Waals surface area contributed by atoms with Crippen LogP contribution in [-0.2, 0) is 20.7 Å². The minimum Gasteiger partial charge on any atom is -0.485 e. The molecule has 29 heavy (non-hydrogen) atoms. The summed E-state index contributed by atoms with van der Waals surface area (Å²) >= 11 is 0. The molecular formula is C23H25NO5. The van der Waals surface area contributed by atoms with Crippen molar-refractivity contribution in [2.75, 3.05) is 26.3 Å². The highest BCUT2D eigenvalue weighted by atomic mass is 16.6. The van der Waals surface area contributed by atoms with Crippen molar-refractivity contribution < 1.29 is 23.8 Å². The zero-order chi connectivity index (χ0) is 20.1. The van der Waals surface area contributed by atoms with Crippen LogP contribution in [0.25, 0.3) is 0 Å². The Kier molecular flexibility index (Phi) is 5.98. The molecule has 1 amide bonds. The predicted octanol–water partition coefficient (Wildman–Crippen LogP) is 2.85. The van der Waals surface area contributed by atoms with Gasteiger partial charge in [-0.1, -0.05) is 42.5 Å². The Morgan fingerprint density at radius 2 is 1.66 bits per heavy atom. The van der Waals surface area contributed by atoms with Gasteiger partial charge in [-0.2, -0.15) is 0 Å². The SMILES string of the molecule is O=C(OCC(=O)N1CCC(Cc2ccccc2)CC1)C1COc2ccccc2O1. The van der Waals surface area contributed by atoms with E-state index < -0.39 is 12.1 Å². The lowest BCUT2D eigenvalue weighted by molar-refractivity contribution is -0.160. The van der Waals surface area contributed by atoms with Gasteiger partial charge in [0.05, 0.1) is 0 Å². The van der Waals surface area contributed by atoms with Gasteiger partial charge in [-0.15, -0.1) is 0 Å². The predicted molar refractivity (Wildman–Crippen MR) is 107 cm³/mol. The number of likely N-dealkylation sites (tertiary alicyclic amines) is 1. The Hall–Kier alpha value is -3.02. The summed E-state index contributed by atoms with van der Waals surface area (Å²) in [6.45, 7) is 1.22. The van der Waals surface area contributed by atoms with Crippen molar-refractivity contribution in [1.29, 1.82) is 0 Å². The van der Waals surface area contributed by atoms with Gasteiger partial charge in [0, 0.05) is 13.1 Å². The molecule has 2 aromatic carbocycles. The monoisotopic (exact) mass is 395 g/mol. The van der Waals surface area contributed by atoms with Crippen LogP contribution in [0.3, 0.4) is 0 Å². The van der Waals surface area contributed by atoms with Crippen molar-refractivity contribution in [3.8, 4) is 11.5 Å². The minimum atomic E-state index is -0.852. The Balaban J connectivity index is 1.20. The number of carbonyl (C=O) groups is 2. The van der Waals surface area contributed by atoms with Gasteiger partial charge in [0.2, 0.25) is 6.10 Å². The van der Waals surface area contributed by atoms with Gasteiger partial charge in [0.15, 0.2) is 18.1 Å². The molecule has 0 bridgehead atoms. The van der Waals surface area contributed by atoms with Crippen LogP contribution in [0.4, 0.5) is 0 Å². The van der Waals surface area contributed by atoms with Crippen LogP contribution in [0.2, 0.25) is 0 Å². The molecule has 1 atom stereocenters. The van der Waals surface area contributed by atoms with Crippen LogP contribution in [0.15, 0.2) is 54.6 Å². The maximum atomic E-state index is 12.4. The molecule has 0 radical (unpaired) electrons. The second kappa shape index (κ2) is 8.99. The van der Waals surface area contributed by atoms with Gasteiger partial charge >= 0.3 is 5.97 Å². The number of para-hydroxylation sites is 2. The van der Waals surface area contributed by atoms with Crippen LogP contribution in [0.5, 0.6) is 11.5 Å². The van der Waals surface area contributed by atoms with Gasteiger partial charge in [-0.05, 0) is 42.9 Å². The number of hydrogen-bond acceptors (Lipinski definition) is 5. The summed E-state index contributed by atoms with van der Waals surface area (Å²) < 4.78 is 16.3. The number of amides is 1. The number of nitrogens with zero attached hydrogens (tertiary/aromatic N) is 1. The average molecular weight is 395 g/mol.